The highest BCUT2D eigenvalue weighted by atomic mass is 16.5. The number of nitrogens with zero attached hydrogens (tertiary/aromatic N) is 4. The number of rotatable bonds is 5. The Morgan fingerprint density at radius 3 is 2.03 bits per heavy atom. The van der Waals surface area contributed by atoms with Gasteiger partial charge in [-0.1, -0.05) is 158 Å². The van der Waals surface area contributed by atoms with Crippen molar-refractivity contribution in [2.45, 2.75) is 91.8 Å². The average Bonchev–Trinajstić information content (AvgIpc) is 1.73. The Hall–Kier alpha value is -8.09. The predicted octanol–water partition coefficient (Wildman–Crippen LogP) is 19.1. The molecule has 0 spiro atoms. The molecule has 0 unspecified atom stereocenters. The Bertz CT molecular complexity index is 4510. The molecule has 5 aliphatic rings. The normalized spacial score (nSPS) is 17.6. The van der Waals surface area contributed by atoms with E-state index in [1.165, 1.54) is 0 Å². The van der Waals surface area contributed by atoms with Gasteiger partial charge >= 0.3 is 0 Å². The minimum absolute atomic E-state index is 0.0123. The molecule has 10 aromatic rings. The lowest BCUT2D eigenvalue weighted by Crippen LogP contribution is -2.33. The molecule has 1 aliphatic carbocycles. The quantitative estimate of drug-likeness (QED) is 0.172. The van der Waals surface area contributed by atoms with Gasteiger partial charge in [0.05, 0.1) is 37.7 Å². The van der Waals surface area contributed by atoms with Crippen molar-refractivity contribution < 1.29 is 24.6 Å². The van der Waals surface area contributed by atoms with Crippen molar-refractivity contribution in [1.82, 2.24) is 9.55 Å². The molecule has 0 fully saturated rings. The minimum atomic E-state index is -1.98. The fraction of sp³-hybridized carbons (Fsp3) is 0.243. The van der Waals surface area contributed by atoms with Crippen LogP contribution in [0.15, 0.2) is 182 Å². The molecular formula is C70H66N4O2. The van der Waals surface area contributed by atoms with Crippen LogP contribution in [-0.2, 0) is 23.6 Å². The fourth-order valence-electron chi connectivity index (χ4n) is 11.5. The van der Waals surface area contributed by atoms with E-state index in [1.807, 2.05) is 117 Å². The molecule has 10 bridgehead atoms. The van der Waals surface area contributed by atoms with Gasteiger partial charge in [-0.25, -0.2) is 4.98 Å². The second-order valence-corrected chi connectivity index (χ2v) is 22.3. The Kier molecular flexibility index (Phi) is 8.87. The molecule has 6 heterocycles. The summed E-state index contributed by atoms with van der Waals surface area (Å²) in [7, 11) is 0. The first-order valence-electron chi connectivity index (χ1n) is 31.9. The van der Waals surface area contributed by atoms with Crippen LogP contribution in [0.1, 0.15) is 106 Å². The van der Waals surface area contributed by atoms with Crippen LogP contribution < -0.4 is 19.3 Å². The number of benzene rings is 8. The zero-order valence-corrected chi connectivity index (χ0v) is 44.2. The second kappa shape index (κ2) is 18.3. The van der Waals surface area contributed by atoms with E-state index in [2.05, 4.69) is 37.5 Å². The maximum Gasteiger partial charge on any atom is 0.137 e. The number of anilines is 4. The zero-order valence-electron chi connectivity index (χ0n) is 55.2. The predicted molar refractivity (Wildman–Crippen MR) is 316 cm³/mol. The zero-order chi connectivity index (χ0) is 61.7. The molecule has 8 aromatic carbocycles. The monoisotopic (exact) mass is 1010 g/mol. The number of hydrogen-bond acceptors (Lipinski definition) is 5. The molecule has 0 radical (unpaired) electrons. The summed E-state index contributed by atoms with van der Waals surface area (Å²) in [5, 5.41) is 0.703. The molecule has 0 atom stereocenters. The highest BCUT2D eigenvalue weighted by molar-refractivity contribution is 6.09. The van der Waals surface area contributed by atoms with Crippen molar-refractivity contribution in [3.8, 4) is 62.2 Å². The summed E-state index contributed by atoms with van der Waals surface area (Å²) in [5.41, 5.74) is 8.42. The summed E-state index contributed by atoms with van der Waals surface area (Å²) in [4.78, 5) is 9.37. The molecule has 4 aliphatic heterocycles. The van der Waals surface area contributed by atoms with Gasteiger partial charge in [0.1, 0.15) is 35.5 Å². The van der Waals surface area contributed by atoms with E-state index in [0.29, 0.717) is 61.6 Å². The molecule has 2 aromatic heterocycles. The lowest BCUT2D eigenvalue weighted by atomic mass is 9.63. The third kappa shape index (κ3) is 8.21. The van der Waals surface area contributed by atoms with Gasteiger partial charge in [0.15, 0.2) is 0 Å². The standard InChI is InChI=1S/C70H66N4O2/c1-44(2)36-48-24-28-50-40-66(48)76-52-31-32-56-55-16-9-11-20-61(55)74(64(56)41-52)67-39-49(37-45(3)4)58(42-71-67)57-17-10-14-23-65(57)75-51-29-25-46(26-30-51)53-18-15-19-54(68(53)73-43-72(50)62-21-12-13-22-63(62)73)47-27-33-59-60(38-47)70(7,8)35-34-69(59,5)6/h9-33,38-42,44-45H,34-37,43H2,1-8H3/i9D,11D,16D,20D,27D,33D,36D2,37D2,38D. The Labute approximate surface area is 463 Å². The first-order valence-corrected chi connectivity index (χ1v) is 26.4. The number of fused-ring (bicyclic) bond motifs is 6. The smallest absolute Gasteiger partial charge is 0.137 e. The minimum Gasteiger partial charge on any atom is -0.457 e. The van der Waals surface area contributed by atoms with Crippen LogP contribution in [-0.4, -0.2) is 16.2 Å². The molecule has 6 nitrogen and oxygen atoms in total. The lowest BCUT2D eigenvalue weighted by Gasteiger charge is -2.42. The summed E-state index contributed by atoms with van der Waals surface area (Å²) >= 11 is 0. The number of ether oxygens (including phenoxy) is 2. The SMILES string of the molecule is [2H]c1c([2H])c2c(c([2H])c1-c1cccc3c1N1CN(c4ccc(C([2H])([2H])C(C)C)c(c4)Oc4ccc5c6c([2H])c([2H])c([2H])c([2H])c6n(c5c4)-c4cc(C([2H])([2H])C(C)C)c(cn4)-c4ccccc4Oc4ccc-3cc4)c3ccccc31)C(C)(C)CCC2(C)C. The third-order valence-corrected chi connectivity index (χ3v) is 15.3. The van der Waals surface area contributed by atoms with Gasteiger partial charge in [0, 0.05) is 62.5 Å². The maximum absolute atomic E-state index is 10.3. The van der Waals surface area contributed by atoms with Crippen LogP contribution in [0.3, 0.4) is 0 Å². The van der Waals surface area contributed by atoms with E-state index in [-0.39, 0.29) is 70.7 Å². The Morgan fingerprint density at radius 2 is 1.24 bits per heavy atom. The van der Waals surface area contributed by atoms with Gasteiger partial charge in [0.2, 0.25) is 0 Å². The van der Waals surface area contributed by atoms with Crippen molar-refractivity contribution in [3.63, 3.8) is 0 Å². The van der Waals surface area contributed by atoms with E-state index < -0.39 is 47.5 Å². The van der Waals surface area contributed by atoms with Gasteiger partial charge in [-0.15, -0.1) is 0 Å². The number of pyridine rings is 1. The second-order valence-electron chi connectivity index (χ2n) is 22.3. The average molecular weight is 1010 g/mol. The number of aromatic nitrogens is 2. The van der Waals surface area contributed by atoms with Gasteiger partial charge < -0.3 is 19.3 Å². The summed E-state index contributed by atoms with van der Waals surface area (Å²) in [5.74, 6) is 0.568. The van der Waals surface area contributed by atoms with Crippen LogP contribution >= 0.6 is 0 Å². The molecule has 6 heteroatoms. The van der Waals surface area contributed by atoms with Gasteiger partial charge in [-0.2, -0.15) is 0 Å². The highest BCUT2D eigenvalue weighted by Crippen LogP contribution is 2.53. The van der Waals surface area contributed by atoms with Crippen LogP contribution in [0.5, 0.6) is 23.0 Å². The molecule has 0 amide bonds. The largest absolute Gasteiger partial charge is 0.457 e. The van der Waals surface area contributed by atoms with E-state index >= 15 is 0 Å². The molecule has 0 saturated heterocycles. The van der Waals surface area contributed by atoms with Gasteiger partial charge in [-0.05, 0) is 142 Å². The summed E-state index contributed by atoms with van der Waals surface area (Å²) < 4.78 is 120. The van der Waals surface area contributed by atoms with Gasteiger partial charge in [-0.3, -0.25) is 4.57 Å². The van der Waals surface area contributed by atoms with Crippen LogP contribution in [0.2, 0.25) is 0 Å². The van der Waals surface area contributed by atoms with Crippen molar-refractivity contribution >= 4 is 44.6 Å². The lowest BCUT2D eigenvalue weighted by molar-refractivity contribution is 0.332. The fourth-order valence-corrected chi connectivity index (χ4v) is 11.5. The van der Waals surface area contributed by atoms with E-state index in [0.717, 1.165) is 46.5 Å². The number of hydrogen-bond donors (Lipinski definition) is 0. The first-order chi connectivity index (χ1) is 41.2. The maximum atomic E-state index is 10.3. The van der Waals surface area contributed by atoms with Crippen molar-refractivity contribution in [2.24, 2.45) is 11.8 Å². The van der Waals surface area contributed by atoms with E-state index in [1.54, 1.807) is 54.9 Å². The van der Waals surface area contributed by atoms with Crippen LogP contribution in [0, 0.1) is 11.8 Å². The molecule has 0 N–H and O–H groups in total. The van der Waals surface area contributed by atoms with E-state index in [4.69, 9.17) is 17.2 Å². The Balaban J connectivity index is 1.10. The first kappa shape index (κ1) is 36.8. The summed E-state index contributed by atoms with van der Waals surface area (Å²) in [6.07, 6.45) is -0.655. The van der Waals surface area contributed by atoms with E-state index in [9.17, 15) is 12.3 Å². The number of para-hydroxylation sites is 5. The Morgan fingerprint density at radius 1 is 0.566 bits per heavy atom. The van der Waals surface area contributed by atoms with Crippen LogP contribution in [0.4, 0.5) is 22.7 Å². The third-order valence-electron chi connectivity index (χ3n) is 15.3. The summed E-state index contributed by atoms with van der Waals surface area (Å²) in [6.45, 7) is 16.0. The molecule has 76 heavy (non-hydrogen) atoms. The summed E-state index contributed by atoms with van der Waals surface area (Å²) in [6, 6.07) is 40.3. The van der Waals surface area contributed by atoms with Crippen LogP contribution in [0.25, 0.3) is 61.0 Å². The topological polar surface area (TPSA) is 42.8 Å². The van der Waals surface area contributed by atoms with Gasteiger partial charge in [0.25, 0.3) is 0 Å². The van der Waals surface area contributed by atoms with Crippen molar-refractivity contribution in [2.75, 3.05) is 16.5 Å². The van der Waals surface area contributed by atoms with Crippen molar-refractivity contribution in [3.05, 3.63) is 204 Å². The highest BCUT2D eigenvalue weighted by Gasteiger charge is 2.38. The molecule has 0 saturated carbocycles. The molecular weight excluding hydrogens is 929 g/mol. The molecule has 378 valence electrons. The van der Waals surface area contributed by atoms with Crippen molar-refractivity contribution in [1.29, 1.82) is 0 Å². The molecule has 15 rings (SSSR count).